The van der Waals surface area contributed by atoms with Crippen LogP contribution in [0.3, 0.4) is 0 Å². The molecule has 2 aromatic carbocycles. The molecule has 10 heteroatoms. The molecule has 162 valence electrons. The van der Waals surface area contributed by atoms with Crippen molar-refractivity contribution < 1.29 is 27.5 Å². The second-order valence-corrected chi connectivity index (χ2v) is 8.74. The first-order valence-corrected chi connectivity index (χ1v) is 10.8. The van der Waals surface area contributed by atoms with E-state index in [0.717, 1.165) is 11.6 Å². The number of primary sulfonamides is 1. The Morgan fingerprint density at radius 2 is 1.73 bits per heavy atom. The molecule has 0 bridgehead atoms. The summed E-state index contributed by atoms with van der Waals surface area (Å²) >= 11 is 6.06. The van der Waals surface area contributed by atoms with E-state index in [2.05, 4.69) is 5.32 Å². The Hall–Kier alpha value is -2.62. The molecule has 0 aliphatic carbocycles. The molecule has 0 fully saturated rings. The number of benzene rings is 2. The van der Waals surface area contributed by atoms with Crippen molar-refractivity contribution in [2.75, 3.05) is 12.4 Å². The third kappa shape index (κ3) is 5.29. The molecule has 8 nitrogen and oxygen atoms in total. The lowest BCUT2D eigenvalue weighted by molar-refractivity contribution is -0.123. The Bertz CT molecular complexity index is 1110. The maximum atomic E-state index is 12.5. The van der Waals surface area contributed by atoms with Crippen LogP contribution in [0, 0.1) is 20.8 Å². The standard InChI is InChI=1S/C20H23ClN2O6S/c1-10-6-14(8-18(12(10)3)30(22,26)27)20(25)29-13(4)19(24)23-16-7-11(2)15(21)9-17(16)28-5/h6-9,13H,1-5H3,(H,23,24)(H2,22,26,27). The first-order valence-electron chi connectivity index (χ1n) is 8.85. The first kappa shape index (κ1) is 23.7. The molecule has 2 aromatic rings. The van der Waals surface area contributed by atoms with E-state index in [-0.39, 0.29) is 10.5 Å². The number of nitrogens with one attached hydrogen (secondary N) is 1. The summed E-state index contributed by atoms with van der Waals surface area (Å²) in [5, 5.41) is 8.32. The number of nitrogens with two attached hydrogens (primary N) is 1. The monoisotopic (exact) mass is 454 g/mol. The molecule has 3 N–H and O–H groups in total. The molecule has 1 atom stereocenters. The first-order chi connectivity index (χ1) is 13.8. The van der Waals surface area contributed by atoms with E-state index in [9.17, 15) is 18.0 Å². The lowest BCUT2D eigenvalue weighted by Crippen LogP contribution is -2.30. The summed E-state index contributed by atoms with van der Waals surface area (Å²) in [6.45, 7) is 6.39. The normalized spacial score (nSPS) is 12.2. The van der Waals surface area contributed by atoms with Crippen molar-refractivity contribution in [3.63, 3.8) is 0 Å². The van der Waals surface area contributed by atoms with Crippen LogP contribution in [-0.4, -0.2) is 33.5 Å². The fourth-order valence-electron chi connectivity index (χ4n) is 2.69. The Balaban J connectivity index is 2.21. The molecule has 2 rings (SSSR count). The van der Waals surface area contributed by atoms with Crippen molar-refractivity contribution in [1.29, 1.82) is 0 Å². The zero-order chi connectivity index (χ0) is 22.8. The molecule has 0 radical (unpaired) electrons. The molecule has 1 amide bonds. The summed E-state index contributed by atoms with van der Waals surface area (Å²) in [6.07, 6.45) is -1.17. The number of hydrogen-bond donors (Lipinski definition) is 2. The molecule has 0 aliphatic rings. The van der Waals surface area contributed by atoms with E-state index in [1.165, 1.54) is 20.1 Å². The minimum atomic E-state index is -4.02. The number of anilines is 1. The van der Waals surface area contributed by atoms with Gasteiger partial charge in [0.1, 0.15) is 5.75 Å². The van der Waals surface area contributed by atoms with Gasteiger partial charge in [0.2, 0.25) is 10.0 Å². The number of carbonyl (C=O) groups is 2. The van der Waals surface area contributed by atoms with Crippen LogP contribution in [0.4, 0.5) is 5.69 Å². The second-order valence-electron chi connectivity index (χ2n) is 6.80. The molecule has 30 heavy (non-hydrogen) atoms. The summed E-state index contributed by atoms with van der Waals surface area (Å²) < 4.78 is 33.9. The predicted molar refractivity (Wildman–Crippen MR) is 114 cm³/mol. The van der Waals surface area contributed by atoms with Crippen molar-refractivity contribution in [3.8, 4) is 5.75 Å². The van der Waals surface area contributed by atoms with Crippen molar-refractivity contribution in [3.05, 3.63) is 51.5 Å². The van der Waals surface area contributed by atoms with Crippen molar-refractivity contribution in [2.45, 2.75) is 38.7 Å². The second kappa shape index (κ2) is 9.03. The highest BCUT2D eigenvalue weighted by molar-refractivity contribution is 7.89. The van der Waals surface area contributed by atoms with Crippen LogP contribution in [0.5, 0.6) is 5.75 Å². The molecule has 0 spiro atoms. The molecule has 0 heterocycles. The van der Waals surface area contributed by atoms with Crippen LogP contribution in [0.2, 0.25) is 5.02 Å². The fraction of sp³-hybridized carbons (Fsp3) is 0.300. The SMILES string of the molecule is COc1cc(Cl)c(C)cc1NC(=O)C(C)OC(=O)c1cc(C)c(C)c(S(N)(=O)=O)c1. The molecule has 0 aliphatic heterocycles. The number of hydrogen-bond acceptors (Lipinski definition) is 6. The summed E-state index contributed by atoms with van der Waals surface area (Å²) in [7, 11) is -2.59. The van der Waals surface area contributed by atoms with E-state index in [1.54, 1.807) is 32.9 Å². The molecule has 0 saturated carbocycles. The predicted octanol–water partition coefficient (Wildman–Crippen LogP) is 3.11. The number of aryl methyl sites for hydroxylation is 2. The maximum absolute atomic E-state index is 12.5. The Morgan fingerprint density at radius 1 is 1.10 bits per heavy atom. The smallest absolute Gasteiger partial charge is 0.338 e. The lowest BCUT2D eigenvalue weighted by Gasteiger charge is -2.17. The van der Waals surface area contributed by atoms with Gasteiger partial charge in [0.15, 0.2) is 6.10 Å². The van der Waals surface area contributed by atoms with E-state index in [1.807, 2.05) is 0 Å². The molecule has 0 aromatic heterocycles. The van der Waals surface area contributed by atoms with Crippen LogP contribution >= 0.6 is 11.6 Å². The number of methoxy groups -OCH3 is 1. The van der Waals surface area contributed by atoms with Gasteiger partial charge in [0.05, 0.1) is 23.3 Å². The summed E-state index contributed by atoms with van der Waals surface area (Å²) in [5.74, 6) is -1.10. The molecule has 1 unspecified atom stereocenters. The van der Waals surface area contributed by atoms with Gasteiger partial charge in [0.25, 0.3) is 5.91 Å². The Morgan fingerprint density at radius 3 is 2.30 bits per heavy atom. The number of sulfonamides is 1. The fourth-order valence-corrected chi connectivity index (χ4v) is 3.72. The van der Waals surface area contributed by atoms with Gasteiger partial charge in [-0.15, -0.1) is 0 Å². The Labute approximate surface area is 180 Å². The highest BCUT2D eigenvalue weighted by atomic mass is 35.5. The minimum absolute atomic E-state index is 0.0262. The molecule has 0 saturated heterocycles. The number of rotatable bonds is 6. The van der Waals surface area contributed by atoms with Gasteiger partial charge >= 0.3 is 5.97 Å². The Kier molecular flexibility index (Phi) is 7.12. The summed E-state index contributed by atoms with van der Waals surface area (Å²) in [5.41, 5.74) is 2.05. The van der Waals surface area contributed by atoms with E-state index >= 15 is 0 Å². The topological polar surface area (TPSA) is 125 Å². The quantitative estimate of drug-likeness (QED) is 0.646. The van der Waals surface area contributed by atoms with Crippen LogP contribution in [0.1, 0.15) is 34.0 Å². The summed E-state index contributed by atoms with van der Waals surface area (Å²) in [4.78, 5) is 24.8. The number of ether oxygens (including phenoxy) is 2. The van der Waals surface area contributed by atoms with Gasteiger partial charge in [-0.3, -0.25) is 4.79 Å². The number of carbonyl (C=O) groups excluding carboxylic acids is 2. The van der Waals surface area contributed by atoms with Crippen LogP contribution in [-0.2, 0) is 19.6 Å². The van der Waals surface area contributed by atoms with Gasteiger partial charge in [-0.1, -0.05) is 11.6 Å². The third-order valence-electron chi connectivity index (χ3n) is 4.55. The van der Waals surface area contributed by atoms with Crippen molar-refractivity contribution in [2.24, 2.45) is 5.14 Å². The lowest BCUT2D eigenvalue weighted by atomic mass is 10.1. The van der Waals surface area contributed by atoms with E-state index in [4.69, 9.17) is 26.2 Å². The average Bonchev–Trinajstić information content (AvgIpc) is 2.65. The van der Waals surface area contributed by atoms with Crippen molar-refractivity contribution in [1.82, 2.24) is 0 Å². The van der Waals surface area contributed by atoms with Crippen LogP contribution < -0.4 is 15.2 Å². The number of halogens is 1. The van der Waals surface area contributed by atoms with E-state index in [0.29, 0.717) is 27.6 Å². The van der Waals surface area contributed by atoms with Crippen molar-refractivity contribution >= 4 is 39.2 Å². The van der Waals surface area contributed by atoms with Gasteiger partial charge in [-0.25, -0.2) is 18.4 Å². The molecular weight excluding hydrogens is 432 g/mol. The molecular formula is C20H23ClN2O6S. The third-order valence-corrected chi connectivity index (χ3v) is 6.00. The highest BCUT2D eigenvalue weighted by Crippen LogP contribution is 2.31. The zero-order valence-electron chi connectivity index (χ0n) is 17.2. The van der Waals surface area contributed by atoms with Gasteiger partial charge < -0.3 is 14.8 Å². The van der Waals surface area contributed by atoms with Crippen LogP contribution in [0.25, 0.3) is 0 Å². The number of amides is 1. The highest BCUT2D eigenvalue weighted by Gasteiger charge is 2.23. The maximum Gasteiger partial charge on any atom is 0.338 e. The van der Waals surface area contributed by atoms with E-state index < -0.39 is 28.0 Å². The largest absolute Gasteiger partial charge is 0.495 e. The minimum Gasteiger partial charge on any atom is -0.495 e. The average molecular weight is 455 g/mol. The zero-order valence-corrected chi connectivity index (χ0v) is 18.8. The summed E-state index contributed by atoms with van der Waals surface area (Å²) in [6, 6.07) is 5.81. The van der Waals surface area contributed by atoms with Gasteiger partial charge in [-0.2, -0.15) is 0 Å². The van der Waals surface area contributed by atoms with Gasteiger partial charge in [0, 0.05) is 11.1 Å². The number of esters is 1. The van der Waals surface area contributed by atoms with Crippen LogP contribution in [0.15, 0.2) is 29.2 Å². The van der Waals surface area contributed by atoms with Gasteiger partial charge in [-0.05, 0) is 62.6 Å².